The van der Waals surface area contributed by atoms with Gasteiger partial charge in [0.2, 0.25) is 5.91 Å². The van der Waals surface area contributed by atoms with E-state index in [1.165, 1.54) is 0 Å². The van der Waals surface area contributed by atoms with Crippen molar-refractivity contribution in [2.75, 3.05) is 19.6 Å². The average molecular weight is 276 g/mol. The highest BCUT2D eigenvalue weighted by Crippen LogP contribution is 2.21. The summed E-state index contributed by atoms with van der Waals surface area (Å²) in [6, 6.07) is 9.18. The van der Waals surface area contributed by atoms with E-state index in [1.54, 1.807) is 4.90 Å². The molecule has 0 aromatic heterocycles. The molecule has 1 aromatic carbocycles. The van der Waals surface area contributed by atoms with Crippen LogP contribution in [0.15, 0.2) is 30.3 Å². The third-order valence-electron chi connectivity index (χ3n) is 3.75. The molecule has 1 unspecified atom stereocenters. The van der Waals surface area contributed by atoms with Crippen LogP contribution < -0.4 is 5.73 Å². The van der Waals surface area contributed by atoms with Crippen LogP contribution in [0.4, 0.5) is 0 Å². The van der Waals surface area contributed by atoms with E-state index in [0.717, 1.165) is 10.6 Å². The zero-order valence-electron chi connectivity index (χ0n) is 12.1. The molecule has 1 saturated heterocycles. The predicted octanol–water partition coefficient (Wildman–Crippen LogP) is 0.977. The van der Waals surface area contributed by atoms with Crippen LogP contribution in [0.2, 0.25) is 0 Å². The minimum absolute atomic E-state index is 0.0769. The standard InChI is InChI=1S/C15H22N3O2/c1-15(2)11-17(20)8-9-18(15)14(19)13(16)10-12-6-4-3-5-7-12/h3-7,13H,8-11,16H2,1-2H3/q-1. The highest BCUT2D eigenvalue weighted by atomic mass is 16.5. The zero-order valence-corrected chi connectivity index (χ0v) is 12.1. The summed E-state index contributed by atoms with van der Waals surface area (Å²) in [6.07, 6.45) is 0.521. The molecule has 20 heavy (non-hydrogen) atoms. The largest absolute Gasteiger partial charge is 0.785 e. The number of carbonyl (C=O) groups is 1. The minimum atomic E-state index is -0.560. The number of nitrogens with two attached hydrogens (primary N) is 1. The second-order valence-corrected chi connectivity index (χ2v) is 5.96. The molecule has 1 fully saturated rings. The summed E-state index contributed by atoms with van der Waals surface area (Å²) in [7, 11) is 0. The first-order valence-electron chi connectivity index (χ1n) is 6.93. The van der Waals surface area contributed by atoms with E-state index in [-0.39, 0.29) is 5.91 Å². The van der Waals surface area contributed by atoms with Gasteiger partial charge in [0.25, 0.3) is 0 Å². The number of hydrogen-bond donors (Lipinski definition) is 1. The van der Waals surface area contributed by atoms with Crippen molar-refractivity contribution in [1.82, 2.24) is 9.96 Å². The number of nitrogens with zero attached hydrogens (tertiary/aromatic N) is 2. The molecule has 1 amide bonds. The van der Waals surface area contributed by atoms with Crippen LogP contribution in [0.3, 0.4) is 0 Å². The zero-order chi connectivity index (χ0) is 14.8. The Balaban J connectivity index is 2.03. The van der Waals surface area contributed by atoms with Crippen LogP contribution >= 0.6 is 0 Å². The second kappa shape index (κ2) is 5.91. The van der Waals surface area contributed by atoms with Crippen LogP contribution in [-0.4, -0.2) is 47.1 Å². The van der Waals surface area contributed by atoms with Crippen molar-refractivity contribution in [1.29, 1.82) is 0 Å². The fourth-order valence-electron chi connectivity index (χ4n) is 2.67. The van der Waals surface area contributed by atoms with Gasteiger partial charge >= 0.3 is 0 Å². The van der Waals surface area contributed by atoms with E-state index < -0.39 is 11.6 Å². The van der Waals surface area contributed by atoms with Crippen molar-refractivity contribution >= 4 is 5.91 Å². The summed E-state index contributed by atoms with van der Waals surface area (Å²) < 4.78 is 0. The maximum atomic E-state index is 12.5. The maximum Gasteiger partial charge on any atom is 0.240 e. The molecule has 2 N–H and O–H groups in total. The lowest BCUT2D eigenvalue weighted by molar-refractivity contribution is -0.141. The Hall–Kier alpha value is -1.43. The van der Waals surface area contributed by atoms with Gasteiger partial charge < -0.3 is 20.9 Å². The summed E-state index contributed by atoms with van der Waals surface area (Å²) in [5.41, 5.74) is 6.64. The summed E-state index contributed by atoms with van der Waals surface area (Å²) >= 11 is 0. The van der Waals surface area contributed by atoms with Crippen LogP contribution in [0.25, 0.3) is 0 Å². The molecule has 1 heterocycles. The Morgan fingerprint density at radius 1 is 1.35 bits per heavy atom. The van der Waals surface area contributed by atoms with Crippen molar-refractivity contribution in [3.05, 3.63) is 41.1 Å². The number of rotatable bonds is 3. The summed E-state index contributed by atoms with van der Waals surface area (Å²) in [6.45, 7) is 4.94. The third-order valence-corrected chi connectivity index (χ3v) is 3.75. The lowest BCUT2D eigenvalue weighted by Gasteiger charge is -2.50. The molecule has 0 saturated carbocycles. The topological polar surface area (TPSA) is 72.6 Å². The van der Waals surface area contributed by atoms with E-state index in [2.05, 4.69) is 0 Å². The van der Waals surface area contributed by atoms with E-state index in [4.69, 9.17) is 5.73 Å². The van der Waals surface area contributed by atoms with Crippen LogP contribution in [-0.2, 0) is 11.2 Å². The molecule has 1 aliphatic rings. The van der Waals surface area contributed by atoms with Gasteiger partial charge in [-0.15, -0.1) is 0 Å². The highest BCUT2D eigenvalue weighted by Gasteiger charge is 2.36. The average Bonchev–Trinajstić information content (AvgIpc) is 2.38. The molecule has 110 valence electrons. The Morgan fingerprint density at radius 2 is 2.00 bits per heavy atom. The van der Waals surface area contributed by atoms with Crippen molar-refractivity contribution in [2.24, 2.45) is 5.73 Å². The molecule has 0 bridgehead atoms. The fourth-order valence-corrected chi connectivity index (χ4v) is 2.67. The molecule has 5 nitrogen and oxygen atoms in total. The SMILES string of the molecule is CC1(C)CN([O-])CCN1C(=O)C(N)Cc1ccccc1. The molecule has 2 rings (SSSR count). The summed E-state index contributed by atoms with van der Waals surface area (Å²) in [5, 5.41) is 12.5. The molecule has 5 heteroatoms. The van der Waals surface area contributed by atoms with Gasteiger partial charge in [-0.1, -0.05) is 30.3 Å². The van der Waals surface area contributed by atoms with Crippen molar-refractivity contribution in [2.45, 2.75) is 31.8 Å². The van der Waals surface area contributed by atoms with Crippen molar-refractivity contribution < 1.29 is 4.79 Å². The second-order valence-electron chi connectivity index (χ2n) is 5.96. The number of benzene rings is 1. The quantitative estimate of drug-likeness (QED) is 0.893. The minimum Gasteiger partial charge on any atom is -0.785 e. The van der Waals surface area contributed by atoms with Gasteiger partial charge in [-0.2, -0.15) is 0 Å². The van der Waals surface area contributed by atoms with Gasteiger partial charge in [-0.05, 0) is 25.8 Å². The van der Waals surface area contributed by atoms with E-state index in [9.17, 15) is 10.0 Å². The Labute approximate surface area is 119 Å². The van der Waals surface area contributed by atoms with Gasteiger partial charge in [-0.3, -0.25) is 4.79 Å². The monoisotopic (exact) mass is 276 g/mol. The van der Waals surface area contributed by atoms with Crippen molar-refractivity contribution in [3.63, 3.8) is 0 Å². The van der Waals surface area contributed by atoms with Gasteiger partial charge in [0, 0.05) is 25.2 Å². The Kier molecular flexibility index (Phi) is 4.42. The number of piperazine rings is 1. The molecule has 0 spiro atoms. The highest BCUT2D eigenvalue weighted by molar-refractivity contribution is 5.82. The molecule has 0 aliphatic carbocycles. The van der Waals surface area contributed by atoms with Crippen LogP contribution in [0.1, 0.15) is 19.4 Å². The molecule has 1 aromatic rings. The van der Waals surface area contributed by atoms with E-state index in [0.29, 0.717) is 26.1 Å². The predicted molar refractivity (Wildman–Crippen MR) is 78.9 cm³/mol. The Bertz CT molecular complexity index is 461. The molecule has 1 aliphatic heterocycles. The van der Waals surface area contributed by atoms with Gasteiger partial charge in [0.05, 0.1) is 6.04 Å². The molecule has 1 atom stereocenters. The van der Waals surface area contributed by atoms with Gasteiger partial charge in [0.15, 0.2) is 0 Å². The number of carbonyl (C=O) groups excluding carboxylic acids is 1. The van der Waals surface area contributed by atoms with E-state index >= 15 is 0 Å². The van der Waals surface area contributed by atoms with E-state index in [1.807, 2.05) is 44.2 Å². The fraction of sp³-hybridized carbons (Fsp3) is 0.533. The van der Waals surface area contributed by atoms with Gasteiger partial charge in [-0.25, -0.2) is 0 Å². The summed E-state index contributed by atoms with van der Waals surface area (Å²) in [4.78, 5) is 14.3. The smallest absolute Gasteiger partial charge is 0.240 e. The maximum absolute atomic E-state index is 12.5. The first-order chi connectivity index (χ1) is 9.40. The first kappa shape index (κ1) is 15.0. The van der Waals surface area contributed by atoms with Gasteiger partial charge in [0.1, 0.15) is 0 Å². The molecule has 0 radical (unpaired) electrons. The molecular weight excluding hydrogens is 254 g/mol. The van der Waals surface area contributed by atoms with Crippen LogP contribution in [0, 0.1) is 5.21 Å². The first-order valence-corrected chi connectivity index (χ1v) is 6.93. The van der Waals surface area contributed by atoms with Crippen LogP contribution in [0.5, 0.6) is 0 Å². The lowest BCUT2D eigenvalue weighted by atomic mass is 9.97. The Morgan fingerprint density at radius 3 is 2.60 bits per heavy atom. The number of hydrogen-bond acceptors (Lipinski definition) is 4. The lowest BCUT2D eigenvalue weighted by Crippen LogP contribution is -2.62. The number of amides is 1. The van der Waals surface area contributed by atoms with Crippen molar-refractivity contribution in [3.8, 4) is 0 Å². The number of hydroxylamine groups is 2. The molecular formula is C15H22N3O2-. The summed E-state index contributed by atoms with van der Waals surface area (Å²) in [5.74, 6) is -0.0769. The normalized spacial score (nSPS) is 20.7. The third kappa shape index (κ3) is 3.36.